The van der Waals surface area contributed by atoms with Crippen LogP contribution >= 0.6 is 0 Å². The van der Waals surface area contributed by atoms with Crippen LogP contribution in [0, 0.1) is 10.8 Å². The van der Waals surface area contributed by atoms with E-state index < -0.39 is 0 Å². The van der Waals surface area contributed by atoms with Crippen LogP contribution in [0.1, 0.15) is 52.9 Å². The standard InChI is InChI=1S/C14H28N2O2/c1-13(2,8-9-17)10-15-12(18)16-11-14(3)6-4-5-7-14/h17H,4-11H2,1-3H3,(H2,15,16,18). The molecule has 1 aliphatic rings. The van der Waals surface area contributed by atoms with E-state index in [1.165, 1.54) is 25.7 Å². The first-order valence-electron chi connectivity index (χ1n) is 7.00. The lowest BCUT2D eigenvalue weighted by Gasteiger charge is -2.26. The van der Waals surface area contributed by atoms with Crippen LogP contribution in [0.3, 0.4) is 0 Å². The van der Waals surface area contributed by atoms with E-state index in [9.17, 15) is 4.79 Å². The largest absolute Gasteiger partial charge is 0.396 e. The smallest absolute Gasteiger partial charge is 0.314 e. The third-order valence-electron chi connectivity index (χ3n) is 4.00. The van der Waals surface area contributed by atoms with Crippen molar-refractivity contribution >= 4 is 6.03 Å². The van der Waals surface area contributed by atoms with Crippen molar-refractivity contribution in [1.29, 1.82) is 0 Å². The zero-order valence-corrected chi connectivity index (χ0v) is 12.0. The zero-order valence-electron chi connectivity index (χ0n) is 12.0. The fourth-order valence-corrected chi connectivity index (χ4v) is 2.47. The number of carbonyl (C=O) groups excluding carboxylic acids is 1. The summed E-state index contributed by atoms with van der Waals surface area (Å²) in [5.74, 6) is 0. The van der Waals surface area contributed by atoms with E-state index in [2.05, 4.69) is 17.6 Å². The molecule has 1 fully saturated rings. The Morgan fingerprint density at radius 1 is 1.28 bits per heavy atom. The maximum atomic E-state index is 11.7. The molecule has 18 heavy (non-hydrogen) atoms. The Bertz CT molecular complexity index is 271. The van der Waals surface area contributed by atoms with Gasteiger partial charge in [0.2, 0.25) is 0 Å². The second kappa shape index (κ2) is 6.41. The Labute approximate surface area is 111 Å². The molecule has 0 aliphatic heterocycles. The van der Waals surface area contributed by atoms with Gasteiger partial charge in [-0.15, -0.1) is 0 Å². The summed E-state index contributed by atoms with van der Waals surface area (Å²) in [5.41, 5.74) is 0.237. The summed E-state index contributed by atoms with van der Waals surface area (Å²) in [6.07, 6.45) is 5.68. The number of urea groups is 1. The van der Waals surface area contributed by atoms with Crippen LogP contribution in [0.25, 0.3) is 0 Å². The fourth-order valence-electron chi connectivity index (χ4n) is 2.47. The molecule has 0 aromatic rings. The number of amides is 2. The van der Waals surface area contributed by atoms with Gasteiger partial charge in [-0.1, -0.05) is 33.6 Å². The highest BCUT2D eigenvalue weighted by atomic mass is 16.3. The van der Waals surface area contributed by atoms with E-state index in [0.29, 0.717) is 13.0 Å². The minimum absolute atomic E-state index is 0.0522. The predicted molar refractivity (Wildman–Crippen MR) is 73.5 cm³/mol. The molecule has 0 aromatic heterocycles. The molecule has 0 bridgehead atoms. The highest BCUT2D eigenvalue weighted by Crippen LogP contribution is 2.36. The van der Waals surface area contributed by atoms with Crippen molar-refractivity contribution in [3.63, 3.8) is 0 Å². The third-order valence-corrected chi connectivity index (χ3v) is 4.00. The summed E-state index contributed by atoms with van der Waals surface area (Å²) in [7, 11) is 0. The fraction of sp³-hybridized carbons (Fsp3) is 0.929. The van der Waals surface area contributed by atoms with Gasteiger partial charge in [-0.25, -0.2) is 4.79 Å². The first-order valence-corrected chi connectivity index (χ1v) is 7.00. The van der Waals surface area contributed by atoms with Gasteiger partial charge in [-0.2, -0.15) is 0 Å². The maximum absolute atomic E-state index is 11.7. The molecule has 0 heterocycles. The molecule has 0 radical (unpaired) electrons. The monoisotopic (exact) mass is 256 g/mol. The van der Waals surface area contributed by atoms with Gasteiger partial charge in [0.15, 0.2) is 0 Å². The van der Waals surface area contributed by atoms with Gasteiger partial charge in [0, 0.05) is 19.7 Å². The second-order valence-electron chi connectivity index (χ2n) is 6.69. The van der Waals surface area contributed by atoms with Gasteiger partial charge >= 0.3 is 6.03 Å². The van der Waals surface area contributed by atoms with Crippen LogP contribution in [0.2, 0.25) is 0 Å². The lowest BCUT2D eigenvalue weighted by molar-refractivity contribution is 0.199. The quantitative estimate of drug-likeness (QED) is 0.682. The van der Waals surface area contributed by atoms with Crippen molar-refractivity contribution in [1.82, 2.24) is 10.6 Å². The molecule has 4 heteroatoms. The van der Waals surface area contributed by atoms with Crippen molar-refractivity contribution in [2.24, 2.45) is 10.8 Å². The van der Waals surface area contributed by atoms with Crippen molar-refractivity contribution in [3.05, 3.63) is 0 Å². The van der Waals surface area contributed by atoms with Gasteiger partial charge in [0.1, 0.15) is 0 Å². The Kier molecular flexibility index (Phi) is 5.45. The van der Waals surface area contributed by atoms with Crippen LogP contribution < -0.4 is 10.6 Å². The molecule has 106 valence electrons. The zero-order chi connectivity index (χ0) is 13.6. The van der Waals surface area contributed by atoms with Gasteiger partial charge in [0.05, 0.1) is 0 Å². The van der Waals surface area contributed by atoms with Crippen LogP contribution in [0.15, 0.2) is 0 Å². The summed E-state index contributed by atoms with van der Waals surface area (Å²) >= 11 is 0. The topological polar surface area (TPSA) is 61.4 Å². The van der Waals surface area contributed by atoms with Gasteiger partial charge in [0.25, 0.3) is 0 Å². The molecule has 0 atom stereocenters. The van der Waals surface area contributed by atoms with Crippen LogP contribution in [0.5, 0.6) is 0 Å². The van der Waals surface area contributed by atoms with Crippen molar-refractivity contribution < 1.29 is 9.90 Å². The second-order valence-corrected chi connectivity index (χ2v) is 6.69. The first-order chi connectivity index (χ1) is 8.37. The molecule has 1 aliphatic carbocycles. The maximum Gasteiger partial charge on any atom is 0.314 e. The number of hydrogen-bond donors (Lipinski definition) is 3. The van der Waals surface area contributed by atoms with Crippen LogP contribution in [0.4, 0.5) is 4.79 Å². The molecule has 4 nitrogen and oxygen atoms in total. The Balaban J connectivity index is 2.21. The summed E-state index contributed by atoms with van der Waals surface area (Å²) < 4.78 is 0. The number of rotatable bonds is 6. The Morgan fingerprint density at radius 2 is 1.89 bits per heavy atom. The Morgan fingerprint density at radius 3 is 2.44 bits per heavy atom. The number of nitrogens with one attached hydrogen (secondary N) is 2. The molecular weight excluding hydrogens is 228 g/mol. The highest BCUT2D eigenvalue weighted by Gasteiger charge is 2.29. The normalized spacial score (nSPS) is 18.7. The summed E-state index contributed by atoms with van der Waals surface area (Å²) in [6, 6.07) is -0.0888. The number of aliphatic hydroxyl groups is 1. The first kappa shape index (κ1) is 15.3. The van der Waals surface area contributed by atoms with Gasteiger partial charge < -0.3 is 15.7 Å². The van der Waals surface area contributed by atoms with Crippen LogP contribution in [-0.2, 0) is 0 Å². The van der Waals surface area contributed by atoms with E-state index in [4.69, 9.17) is 5.11 Å². The lowest BCUT2D eigenvalue weighted by atomic mass is 9.89. The minimum atomic E-state index is -0.0888. The van der Waals surface area contributed by atoms with E-state index in [0.717, 1.165) is 6.54 Å². The number of hydrogen-bond acceptors (Lipinski definition) is 2. The molecule has 3 N–H and O–H groups in total. The van der Waals surface area contributed by atoms with Crippen molar-refractivity contribution in [2.45, 2.75) is 52.9 Å². The summed E-state index contributed by atoms with van der Waals surface area (Å²) in [4.78, 5) is 11.7. The van der Waals surface area contributed by atoms with Crippen molar-refractivity contribution in [3.8, 4) is 0 Å². The molecule has 0 unspecified atom stereocenters. The van der Waals surface area contributed by atoms with E-state index >= 15 is 0 Å². The molecule has 1 rings (SSSR count). The van der Waals surface area contributed by atoms with Gasteiger partial charge in [-0.3, -0.25) is 0 Å². The molecule has 2 amide bonds. The average Bonchev–Trinajstić information content (AvgIpc) is 2.72. The average molecular weight is 256 g/mol. The Hall–Kier alpha value is -0.770. The minimum Gasteiger partial charge on any atom is -0.396 e. The lowest BCUT2D eigenvalue weighted by Crippen LogP contribution is -2.44. The molecule has 0 spiro atoms. The number of aliphatic hydroxyl groups excluding tert-OH is 1. The van der Waals surface area contributed by atoms with Crippen molar-refractivity contribution in [2.75, 3.05) is 19.7 Å². The SMILES string of the molecule is CC(C)(CCO)CNC(=O)NCC1(C)CCCC1. The highest BCUT2D eigenvalue weighted by molar-refractivity contribution is 5.73. The van der Waals surface area contributed by atoms with Crippen LogP contribution in [-0.4, -0.2) is 30.8 Å². The summed E-state index contributed by atoms with van der Waals surface area (Å²) in [5, 5.41) is 14.8. The molecule has 0 aromatic carbocycles. The molecule has 0 saturated heterocycles. The number of carbonyl (C=O) groups is 1. The van der Waals surface area contributed by atoms with E-state index in [-0.39, 0.29) is 23.5 Å². The molecule has 1 saturated carbocycles. The summed E-state index contributed by atoms with van der Waals surface area (Å²) in [6.45, 7) is 7.85. The van der Waals surface area contributed by atoms with E-state index in [1.54, 1.807) is 0 Å². The predicted octanol–water partition coefficient (Wildman–Crippen LogP) is 2.27. The van der Waals surface area contributed by atoms with Gasteiger partial charge in [-0.05, 0) is 30.1 Å². The van der Waals surface area contributed by atoms with E-state index in [1.807, 2.05) is 13.8 Å². The third kappa shape index (κ3) is 5.25. The molecular formula is C14H28N2O2.